The summed E-state index contributed by atoms with van der Waals surface area (Å²) >= 11 is 13.6. The van der Waals surface area contributed by atoms with Crippen molar-refractivity contribution in [2.75, 3.05) is 0 Å². The number of nitrogens with two attached hydrogens (primary N) is 1. The Morgan fingerprint density at radius 2 is 2.24 bits per heavy atom. The van der Waals surface area contributed by atoms with Gasteiger partial charge in [-0.3, -0.25) is 10.8 Å². The lowest BCUT2D eigenvalue weighted by molar-refractivity contribution is 0.620. The van der Waals surface area contributed by atoms with Crippen LogP contribution in [-0.4, -0.2) is 4.98 Å². The van der Waals surface area contributed by atoms with Gasteiger partial charge in [-0.1, -0.05) is 23.2 Å². The van der Waals surface area contributed by atoms with E-state index in [1.165, 1.54) is 4.88 Å². The number of hydrazine groups is 1. The van der Waals surface area contributed by atoms with E-state index in [4.69, 9.17) is 29.0 Å². The summed E-state index contributed by atoms with van der Waals surface area (Å²) in [5.74, 6) is 5.59. The van der Waals surface area contributed by atoms with Crippen LogP contribution in [0.1, 0.15) is 22.2 Å². The molecule has 17 heavy (non-hydrogen) atoms. The third kappa shape index (κ3) is 2.61. The predicted molar refractivity (Wildman–Crippen MR) is 72.5 cm³/mol. The van der Waals surface area contributed by atoms with Crippen LogP contribution in [-0.2, 0) is 0 Å². The first-order valence-electron chi connectivity index (χ1n) is 4.94. The number of aryl methyl sites for hydroxylation is 1. The summed E-state index contributed by atoms with van der Waals surface area (Å²) in [6, 6.07) is 3.46. The van der Waals surface area contributed by atoms with E-state index in [2.05, 4.69) is 10.4 Å². The normalized spacial score (nSPS) is 12.7. The average Bonchev–Trinajstić information content (AvgIpc) is 2.69. The van der Waals surface area contributed by atoms with Crippen LogP contribution < -0.4 is 11.3 Å². The maximum Gasteiger partial charge on any atom is 0.0907 e. The second kappa shape index (κ2) is 5.33. The molecule has 0 spiro atoms. The molecule has 6 heteroatoms. The van der Waals surface area contributed by atoms with Gasteiger partial charge in [0.25, 0.3) is 0 Å². The van der Waals surface area contributed by atoms with Gasteiger partial charge in [-0.05, 0) is 30.0 Å². The van der Waals surface area contributed by atoms with Crippen LogP contribution in [0, 0.1) is 6.92 Å². The van der Waals surface area contributed by atoms with Crippen molar-refractivity contribution >= 4 is 34.5 Å². The number of nitrogens with one attached hydrogen (secondary N) is 1. The highest BCUT2D eigenvalue weighted by molar-refractivity contribution is 7.10. The van der Waals surface area contributed by atoms with E-state index < -0.39 is 0 Å². The van der Waals surface area contributed by atoms with Crippen LogP contribution >= 0.6 is 34.5 Å². The molecule has 0 amide bonds. The summed E-state index contributed by atoms with van der Waals surface area (Å²) in [6.45, 7) is 2.04. The Morgan fingerprint density at radius 3 is 2.76 bits per heavy atom. The Kier molecular flexibility index (Phi) is 4.01. The van der Waals surface area contributed by atoms with Crippen LogP contribution in [0.3, 0.4) is 0 Å². The van der Waals surface area contributed by atoms with Crippen LogP contribution in [0.25, 0.3) is 0 Å². The van der Waals surface area contributed by atoms with Crippen LogP contribution in [0.5, 0.6) is 0 Å². The van der Waals surface area contributed by atoms with Crippen molar-refractivity contribution < 1.29 is 0 Å². The molecule has 0 radical (unpaired) electrons. The summed E-state index contributed by atoms with van der Waals surface area (Å²) in [7, 11) is 0. The molecular weight excluding hydrogens is 277 g/mol. The van der Waals surface area contributed by atoms with Crippen molar-refractivity contribution in [1.82, 2.24) is 10.4 Å². The van der Waals surface area contributed by atoms with E-state index in [0.717, 1.165) is 5.56 Å². The minimum Gasteiger partial charge on any atom is -0.271 e. The minimum atomic E-state index is -0.217. The molecule has 0 saturated heterocycles. The fourth-order valence-electron chi connectivity index (χ4n) is 1.65. The summed E-state index contributed by atoms with van der Waals surface area (Å²) < 4.78 is 0. The number of hydrogen-bond donors (Lipinski definition) is 2. The Labute approximate surface area is 114 Å². The fraction of sp³-hybridized carbons (Fsp3) is 0.182. The predicted octanol–water partition coefficient (Wildman–Crippen LogP) is 3.31. The van der Waals surface area contributed by atoms with Gasteiger partial charge in [-0.15, -0.1) is 11.3 Å². The van der Waals surface area contributed by atoms with Gasteiger partial charge < -0.3 is 0 Å². The molecule has 0 aliphatic heterocycles. The van der Waals surface area contributed by atoms with E-state index in [1.54, 1.807) is 23.6 Å². The Hall–Kier alpha value is -0.650. The van der Waals surface area contributed by atoms with Gasteiger partial charge in [0.05, 0.1) is 21.8 Å². The zero-order valence-electron chi connectivity index (χ0n) is 9.08. The molecule has 2 aromatic heterocycles. The van der Waals surface area contributed by atoms with E-state index in [9.17, 15) is 0 Å². The molecule has 1 unspecified atom stereocenters. The molecule has 0 bridgehead atoms. The van der Waals surface area contributed by atoms with Crippen molar-refractivity contribution in [3.8, 4) is 0 Å². The van der Waals surface area contributed by atoms with Crippen LogP contribution in [0.2, 0.25) is 10.0 Å². The third-order valence-corrected chi connectivity index (χ3v) is 3.86. The van der Waals surface area contributed by atoms with Gasteiger partial charge in [0.1, 0.15) is 0 Å². The van der Waals surface area contributed by atoms with E-state index >= 15 is 0 Å². The smallest absolute Gasteiger partial charge is 0.0907 e. The first kappa shape index (κ1) is 12.8. The zero-order valence-corrected chi connectivity index (χ0v) is 11.4. The number of aromatic nitrogens is 1. The number of nitrogens with zero attached hydrogens (tertiary/aromatic N) is 1. The minimum absolute atomic E-state index is 0.217. The zero-order chi connectivity index (χ0) is 12.4. The van der Waals surface area contributed by atoms with Gasteiger partial charge in [0, 0.05) is 11.1 Å². The average molecular weight is 288 g/mol. The summed E-state index contributed by atoms with van der Waals surface area (Å²) in [5.41, 5.74) is 4.50. The maximum absolute atomic E-state index is 6.13. The number of pyridine rings is 1. The first-order valence-corrected chi connectivity index (χ1v) is 6.58. The second-order valence-corrected chi connectivity index (χ2v) is 5.52. The molecule has 2 aromatic rings. The molecule has 0 aliphatic rings. The number of hydrogen-bond acceptors (Lipinski definition) is 4. The molecule has 0 aliphatic carbocycles. The van der Waals surface area contributed by atoms with Gasteiger partial charge >= 0.3 is 0 Å². The lowest BCUT2D eigenvalue weighted by atomic mass is 10.1. The van der Waals surface area contributed by atoms with Gasteiger partial charge in [-0.2, -0.15) is 0 Å². The Bertz CT molecular complexity index is 527. The second-order valence-electron chi connectivity index (χ2n) is 3.55. The first-order chi connectivity index (χ1) is 8.13. The van der Waals surface area contributed by atoms with Crippen molar-refractivity contribution in [3.05, 3.63) is 49.9 Å². The molecule has 90 valence electrons. The van der Waals surface area contributed by atoms with Crippen LogP contribution in [0.15, 0.2) is 23.7 Å². The molecule has 1 atom stereocenters. The molecule has 0 aromatic carbocycles. The highest BCUT2D eigenvalue weighted by Gasteiger charge is 2.19. The van der Waals surface area contributed by atoms with Gasteiger partial charge in [-0.25, -0.2) is 5.43 Å². The number of rotatable bonds is 3. The quantitative estimate of drug-likeness (QED) is 0.673. The van der Waals surface area contributed by atoms with Crippen LogP contribution in [0.4, 0.5) is 0 Å². The third-order valence-electron chi connectivity index (χ3n) is 2.49. The Morgan fingerprint density at radius 1 is 1.47 bits per heavy atom. The lowest BCUT2D eigenvalue weighted by Crippen LogP contribution is -2.29. The molecule has 0 fully saturated rings. The van der Waals surface area contributed by atoms with Crippen molar-refractivity contribution in [2.45, 2.75) is 13.0 Å². The largest absolute Gasteiger partial charge is 0.271 e. The number of halogens is 2. The standard InChI is InChI=1S/C11H11Cl2N3S/c1-6-8(2-3-17-6)10(16-14)11-9(13)4-7(12)5-15-11/h2-5,10,16H,14H2,1H3. The lowest BCUT2D eigenvalue weighted by Gasteiger charge is -2.16. The summed E-state index contributed by atoms with van der Waals surface area (Å²) in [4.78, 5) is 5.43. The van der Waals surface area contributed by atoms with Crippen molar-refractivity contribution in [3.63, 3.8) is 0 Å². The number of thiophene rings is 1. The van der Waals surface area contributed by atoms with Gasteiger partial charge in [0.2, 0.25) is 0 Å². The van der Waals surface area contributed by atoms with E-state index in [0.29, 0.717) is 15.7 Å². The van der Waals surface area contributed by atoms with E-state index in [-0.39, 0.29) is 6.04 Å². The summed E-state index contributed by atoms with van der Waals surface area (Å²) in [6.07, 6.45) is 1.56. The van der Waals surface area contributed by atoms with Gasteiger partial charge in [0.15, 0.2) is 0 Å². The molecule has 2 rings (SSSR count). The maximum atomic E-state index is 6.13. The molecule has 3 N–H and O–H groups in total. The van der Waals surface area contributed by atoms with Crippen molar-refractivity contribution in [2.24, 2.45) is 5.84 Å². The fourth-order valence-corrected chi connectivity index (χ4v) is 2.88. The molecule has 0 saturated carbocycles. The SMILES string of the molecule is Cc1sccc1C(NN)c1ncc(Cl)cc1Cl. The summed E-state index contributed by atoms with van der Waals surface area (Å²) in [5, 5.41) is 3.03. The van der Waals surface area contributed by atoms with E-state index in [1.807, 2.05) is 18.4 Å². The highest BCUT2D eigenvalue weighted by atomic mass is 35.5. The highest BCUT2D eigenvalue weighted by Crippen LogP contribution is 2.31. The molecular formula is C11H11Cl2N3S. The Balaban J connectivity index is 2.46. The monoisotopic (exact) mass is 287 g/mol. The molecule has 2 heterocycles. The molecule has 3 nitrogen and oxygen atoms in total. The topological polar surface area (TPSA) is 50.9 Å². The van der Waals surface area contributed by atoms with Crippen molar-refractivity contribution in [1.29, 1.82) is 0 Å².